The number of aromatic nitrogens is 8. The second kappa shape index (κ2) is 30.2. The number of hydrogen-bond acceptors (Lipinski definition) is 7. The molecule has 0 aliphatic heterocycles. The average Bonchev–Trinajstić information content (AvgIpc) is 4.09. The largest absolute Gasteiger partial charge is 1.00 e. The van der Waals surface area contributed by atoms with Crippen molar-refractivity contribution in [3.05, 3.63) is 194 Å². The zero-order valence-electron chi connectivity index (χ0n) is 33.0. The lowest BCUT2D eigenvalue weighted by atomic mass is 10.2. The molecule has 16 heteroatoms. The predicted octanol–water partition coefficient (Wildman–Crippen LogP) is 0.123. The first-order valence-electron chi connectivity index (χ1n) is 17.7. The molecule has 0 atom stereocenters. The van der Waals surface area contributed by atoms with Crippen LogP contribution in [0.1, 0.15) is 22.3 Å². The molecular formula is C43H51I3N8O5. The maximum absolute atomic E-state index is 9.12. The highest BCUT2D eigenvalue weighted by molar-refractivity contribution is 14.1. The predicted molar refractivity (Wildman–Crippen MR) is 228 cm³/mol. The fourth-order valence-electron chi connectivity index (χ4n) is 4.82. The van der Waals surface area contributed by atoms with Crippen LogP contribution in [-0.2, 0) is 40.3 Å². The van der Waals surface area contributed by atoms with Crippen molar-refractivity contribution in [1.29, 1.82) is 0 Å². The molecule has 0 saturated carbocycles. The minimum absolute atomic E-state index is 0. The van der Waals surface area contributed by atoms with E-state index in [-0.39, 0.29) is 60.3 Å². The van der Waals surface area contributed by atoms with Gasteiger partial charge in [-0.15, -0.1) is 0 Å². The third-order valence-corrected chi connectivity index (χ3v) is 7.64. The highest BCUT2D eigenvalue weighted by Crippen LogP contribution is 2.12. The maximum Gasteiger partial charge on any atom is 0.243 e. The van der Waals surface area contributed by atoms with Gasteiger partial charge in [-0.2, -0.15) is 0 Å². The number of aryl methyl sites for hydroxylation is 2. The molecule has 0 aliphatic carbocycles. The molecule has 8 rings (SSSR count). The number of nitrogens with zero attached hydrogens (tertiary/aromatic N) is 7. The van der Waals surface area contributed by atoms with Gasteiger partial charge < -0.3 is 83.0 Å². The molecule has 6 N–H and O–H groups in total. The van der Waals surface area contributed by atoms with Crippen LogP contribution in [0.5, 0.6) is 23.0 Å². The molecule has 4 aromatic carbocycles. The van der Waals surface area contributed by atoms with E-state index in [1.165, 1.54) is 11.1 Å². The van der Waals surface area contributed by atoms with Crippen LogP contribution in [-0.4, -0.2) is 59.1 Å². The van der Waals surface area contributed by atoms with Crippen LogP contribution in [0, 0.1) is 0 Å². The molecule has 4 aromatic heterocycles. The summed E-state index contributed by atoms with van der Waals surface area (Å²) in [5.41, 5.74) is 4.32. The Labute approximate surface area is 393 Å². The average molecular weight is 1140 g/mol. The number of hydrogen-bond donors (Lipinski definition) is 6. The van der Waals surface area contributed by atoms with Gasteiger partial charge in [-0.05, 0) is 75.7 Å². The number of halogens is 3. The van der Waals surface area contributed by atoms with E-state index in [1.807, 2.05) is 113 Å². The molecule has 4 heterocycles. The van der Waals surface area contributed by atoms with E-state index in [0.29, 0.717) is 17.2 Å². The van der Waals surface area contributed by atoms with Gasteiger partial charge in [0.15, 0.2) is 0 Å². The van der Waals surface area contributed by atoms with Crippen molar-refractivity contribution < 1.29 is 82.6 Å². The van der Waals surface area contributed by atoms with Gasteiger partial charge in [-0.3, -0.25) is 0 Å². The quantitative estimate of drug-likeness (QED) is 0.0751. The monoisotopic (exact) mass is 1140 g/mol. The van der Waals surface area contributed by atoms with E-state index in [0.717, 1.165) is 30.8 Å². The van der Waals surface area contributed by atoms with Crippen molar-refractivity contribution in [2.45, 2.75) is 26.2 Å². The third kappa shape index (κ3) is 22.1. The molecule has 59 heavy (non-hydrogen) atoms. The molecule has 8 aromatic rings. The molecule has 0 fully saturated rings. The number of H-pyrrole nitrogens is 1. The Hall–Kier alpha value is -4.93. The highest BCUT2D eigenvalue weighted by Gasteiger charge is 2.02. The molecule has 0 radical (unpaired) electrons. The molecule has 0 unspecified atom stereocenters. The van der Waals surface area contributed by atoms with Gasteiger partial charge in [0, 0.05) is 31.3 Å². The number of imidazole rings is 4. The topological polar surface area (TPSA) is 165 Å². The van der Waals surface area contributed by atoms with E-state index in [9.17, 15) is 0 Å². The molecule has 0 saturated heterocycles. The maximum atomic E-state index is 9.12. The Morgan fingerprint density at radius 3 is 1.15 bits per heavy atom. The van der Waals surface area contributed by atoms with E-state index >= 15 is 0 Å². The molecule has 0 bridgehead atoms. The van der Waals surface area contributed by atoms with Crippen molar-refractivity contribution >= 4 is 22.6 Å². The van der Waals surface area contributed by atoms with E-state index in [4.69, 9.17) is 25.5 Å². The van der Waals surface area contributed by atoms with Gasteiger partial charge in [0.2, 0.25) is 12.7 Å². The smallest absolute Gasteiger partial charge is 0.243 e. The summed E-state index contributed by atoms with van der Waals surface area (Å²) in [5, 5.41) is 44.6. The normalized spacial score (nSPS) is 9.37. The first-order valence-corrected chi connectivity index (χ1v) is 19.8. The van der Waals surface area contributed by atoms with Gasteiger partial charge in [0.25, 0.3) is 0 Å². The van der Waals surface area contributed by atoms with Gasteiger partial charge in [0.1, 0.15) is 60.9 Å². The summed E-state index contributed by atoms with van der Waals surface area (Å²) >= 11 is 2.15. The third-order valence-electron chi connectivity index (χ3n) is 7.64. The van der Waals surface area contributed by atoms with Crippen molar-refractivity contribution in [3.8, 4) is 23.0 Å². The first-order chi connectivity index (χ1) is 27.6. The summed E-state index contributed by atoms with van der Waals surface area (Å²) in [7, 11) is 3.99. The lowest BCUT2D eigenvalue weighted by Gasteiger charge is -2.01. The van der Waals surface area contributed by atoms with Crippen LogP contribution < -0.4 is 57.1 Å². The first kappa shape index (κ1) is 52.1. The standard InChI is InChI=1S/2C11H12N2O.C10H10N2O.C7H8O2.C3H4N2.CH3I.2HI/c2*1-12-6-7-13(9-12)8-10-2-4-11(14)5-3-10;13-10-3-1-9(2-4-10)7-12-6-5-11-8-12;8-5-6-1-3-7(9)4-2-6;1-2-5-3-4-1;1-2;;/h2*2-7,9H,8H2,1H3;1-6,8,13H,7H2;1-4,8-9H,5H2;1-3H,(H,4,5);1H3;2*1H. The summed E-state index contributed by atoms with van der Waals surface area (Å²) < 4.78 is 10.2. The van der Waals surface area contributed by atoms with E-state index in [2.05, 4.69) is 46.7 Å². The van der Waals surface area contributed by atoms with Crippen LogP contribution in [0.25, 0.3) is 0 Å². The molecular weight excluding hydrogens is 1090 g/mol. The SMILES string of the molecule is CI.C[n+]1ccn(Cc2ccc(O)cc2)c1.C[n+]1ccn(Cc2ccc(O)cc2)c1.OCc1ccc(O)cc1.Oc1ccc(Cn2ccnc2)cc1.[I-].[I-].c1c[nH]cn1. The zero-order valence-corrected chi connectivity index (χ0v) is 39.5. The lowest BCUT2D eigenvalue weighted by molar-refractivity contribution is -0.671. The van der Waals surface area contributed by atoms with Gasteiger partial charge in [-0.1, -0.05) is 71.1 Å². The Bertz CT molecular complexity index is 2080. The van der Waals surface area contributed by atoms with Crippen LogP contribution in [0.2, 0.25) is 0 Å². The van der Waals surface area contributed by atoms with Crippen molar-refractivity contribution in [3.63, 3.8) is 0 Å². The van der Waals surface area contributed by atoms with Gasteiger partial charge in [-0.25, -0.2) is 28.2 Å². The van der Waals surface area contributed by atoms with Crippen molar-refractivity contribution in [2.24, 2.45) is 14.1 Å². The Morgan fingerprint density at radius 1 is 0.525 bits per heavy atom. The number of benzene rings is 4. The van der Waals surface area contributed by atoms with Gasteiger partial charge >= 0.3 is 0 Å². The number of phenolic OH excluding ortho intramolecular Hbond substituents is 4. The Balaban J connectivity index is 0.000000372. The fraction of sp³-hybridized carbons (Fsp3) is 0.163. The van der Waals surface area contributed by atoms with E-state index < -0.39 is 0 Å². The highest BCUT2D eigenvalue weighted by atomic mass is 127. The number of aliphatic hydroxyl groups is 1. The minimum Gasteiger partial charge on any atom is -1.00 e. The van der Waals surface area contributed by atoms with Crippen LogP contribution in [0.4, 0.5) is 0 Å². The second-order valence-electron chi connectivity index (χ2n) is 12.3. The number of phenols is 4. The molecule has 0 amide bonds. The molecule has 314 valence electrons. The molecule has 13 nitrogen and oxygen atoms in total. The van der Waals surface area contributed by atoms with Crippen LogP contribution >= 0.6 is 22.6 Å². The minimum atomic E-state index is 0. The lowest BCUT2D eigenvalue weighted by Crippen LogP contribution is -3.00. The fourth-order valence-corrected chi connectivity index (χ4v) is 4.82. The number of rotatable bonds is 7. The van der Waals surface area contributed by atoms with Crippen molar-refractivity contribution in [2.75, 3.05) is 4.93 Å². The summed E-state index contributed by atoms with van der Waals surface area (Å²) in [6.45, 7) is 2.49. The van der Waals surface area contributed by atoms with Crippen LogP contribution in [0.15, 0.2) is 172 Å². The summed E-state index contributed by atoms with van der Waals surface area (Å²) in [4.78, 5) is 12.3. The molecule has 0 spiro atoms. The number of aromatic amines is 1. The number of aromatic hydroxyl groups is 4. The number of nitrogens with one attached hydrogen (secondary N) is 1. The number of alkyl halides is 1. The van der Waals surface area contributed by atoms with Gasteiger partial charge in [0.05, 0.1) is 33.4 Å². The summed E-state index contributed by atoms with van der Waals surface area (Å²) in [5.74, 6) is 1.15. The van der Waals surface area contributed by atoms with Crippen molar-refractivity contribution in [1.82, 2.24) is 28.7 Å². The van der Waals surface area contributed by atoms with E-state index in [1.54, 1.807) is 91.9 Å². The zero-order chi connectivity index (χ0) is 41.3. The Kier molecular flexibility index (Phi) is 26.6. The summed E-state index contributed by atoms with van der Waals surface area (Å²) in [6, 6.07) is 28.1. The second-order valence-corrected chi connectivity index (χ2v) is 12.3. The molecule has 0 aliphatic rings. The number of aliphatic hydroxyl groups excluding tert-OH is 1. The Morgan fingerprint density at radius 2 is 0.898 bits per heavy atom. The summed E-state index contributed by atoms with van der Waals surface area (Å²) in [6.07, 6.45) is 22.6. The van der Waals surface area contributed by atoms with Crippen LogP contribution in [0.3, 0.4) is 0 Å².